The standard InChI is InChI=1S/C14H20N2O/c1-3-10(2)15-14(17)16-13-8-7-11-5-4-6-12(11)9-13/h7-10H,3-6H2,1-2H3,(H2,15,16,17). The van der Waals surface area contributed by atoms with Crippen molar-refractivity contribution in [3.63, 3.8) is 0 Å². The van der Waals surface area contributed by atoms with Gasteiger partial charge in [0.1, 0.15) is 0 Å². The second kappa shape index (κ2) is 5.21. The van der Waals surface area contributed by atoms with Crippen molar-refractivity contribution in [3.05, 3.63) is 29.3 Å². The van der Waals surface area contributed by atoms with Crippen molar-refractivity contribution < 1.29 is 4.79 Å². The van der Waals surface area contributed by atoms with Gasteiger partial charge in [-0.15, -0.1) is 0 Å². The first-order valence-electron chi connectivity index (χ1n) is 6.38. The van der Waals surface area contributed by atoms with Crippen LogP contribution in [0.1, 0.15) is 37.8 Å². The molecule has 0 saturated heterocycles. The minimum Gasteiger partial charge on any atom is -0.335 e. The smallest absolute Gasteiger partial charge is 0.319 e. The fraction of sp³-hybridized carbons (Fsp3) is 0.500. The Morgan fingerprint density at radius 2 is 2.12 bits per heavy atom. The van der Waals surface area contributed by atoms with Crippen molar-refractivity contribution in [1.82, 2.24) is 5.32 Å². The third-order valence-electron chi connectivity index (χ3n) is 3.35. The van der Waals surface area contributed by atoms with Crippen LogP contribution in [-0.4, -0.2) is 12.1 Å². The maximum Gasteiger partial charge on any atom is 0.319 e. The first-order valence-corrected chi connectivity index (χ1v) is 6.38. The van der Waals surface area contributed by atoms with Gasteiger partial charge in [0, 0.05) is 11.7 Å². The highest BCUT2D eigenvalue weighted by Crippen LogP contribution is 2.24. The molecule has 3 nitrogen and oxygen atoms in total. The summed E-state index contributed by atoms with van der Waals surface area (Å²) < 4.78 is 0. The Hall–Kier alpha value is -1.51. The average molecular weight is 232 g/mol. The number of carbonyl (C=O) groups is 1. The Kier molecular flexibility index (Phi) is 3.67. The lowest BCUT2D eigenvalue weighted by Crippen LogP contribution is -2.35. The van der Waals surface area contributed by atoms with Gasteiger partial charge in [-0.1, -0.05) is 13.0 Å². The number of aryl methyl sites for hydroxylation is 2. The molecule has 1 aliphatic carbocycles. The molecule has 3 heteroatoms. The number of amides is 2. The molecule has 2 amide bonds. The van der Waals surface area contributed by atoms with Crippen LogP contribution in [0.5, 0.6) is 0 Å². The van der Waals surface area contributed by atoms with Crippen molar-refractivity contribution in [1.29, 1.82) is 0 Å². The summed E-state index contributed by atoms with van der Waals surface area (Å²) in [7, 11) is 0. The third kappa shape index (κ3) is 2.99. The third-order valence-corrected chi connectivity index (χ3v) is 3.35. The van der Waals surface area contributed by atoms with E-state index in [1.54, 1.807) is 0 Å². The number of hydrogen-bond acceptors (Lipinski definition) is 1. The largest absolute Gasteiger partial charge is 0.335 e. The molecule has 1 aliphatic rings. The van der Waals surface area contributed by atoms with E-state index in [0.717, 1.165) is 18.5 Å². The van der Waals surface area contributed by atoms with Gasteiger partial charge in [-0.3, -0.25) is 0 Å². The molecule has 1 atom stereocenters. The molecule has 17 heavy (non-hydrogen) atoms. The zero-order valence-corrected chi connectivity index (χ0v) is 10.5. The van der Waals surface area contributed by atoms with Crippen LogP contribution < -0.4 is 10.6 Å². The van der Waals surface area contributed by atoms with Crippen LogP contribution in [0.15, 0.2) is 18.2 Å². The van der Waals surface area contributed by atoms with Gasteiger partial charge in [0.25, 0.3) is 0 Å². The highest BCUT2D eigenvalue weighted by Gasteiger charge is 2.12. The Bertz CT molecular complexity index is 415. The molecule has 1 aromatic rings. The fourth-order valence-corrected chi connectivity index (χ4v) is 2.14. The van der Waals surface area contributed by atoms with Crippen molar-refractivity contribution in [2.45, 2.75) is 45.6 Å². The molecule has 0 aliphatic heterocycles. The summed E-state index contributed by atoms with van der Waals surface area (Å²) >= 11 is 0. The summed E-state index contributed by atoms with van der Waals surface area (Å²) in [5.74, 6) is 0. The Balaban J connectivity index is 1.97. The summed E-state index contributed by atoms with van der Waals surface area (Å²) in [5.41, 5.74) is 3.70. The van der Waals surface area contributed by atoms with E-state index in [1.165, 1.54) is 24.0 Å². The van der Waals surface area contributed by atoms with E-state index >= 15 is 0 Å². The molecular weight excluding hydrogens is 212 g/mol. The SMILES string of the molecule is CCC(C)NC(=O)Nc1ccc2c(c1)CCC2. The number of nitrogens with one attached hydrogen (secondary N) is 2. The van der Waals surface area contributed by atoms with Gasteiger partial charge in [0.15, 0.2) is 0 Å². The number of benzene rings is 1. The van der Waals surface area contributed by atoms with E-state index in [9.17, 15) is 4.79 Å². The topological polar surface area (TPSA) is 41.1 Å². The highest BCUT2D eigenvalue weighted by molar-refractivity contribution is 5.89. The van der Waals surface area contributed by atoms with E-state index < -0.39 is 0 Å². The Morgan fingerprint density at radius 3 is 2.88 bits per heavy atom. The lowest BCUT2D eigenvalue weighted by atomic mass is 10.1. The van der Waals surface area contributed by atoms with E-state index in [4.69, 9.17) is 0 Å². The van der Waals surface area contributed by atoms with Gasteiger partial charge in [0.2, 0.25) is 0 Å². The molecule has 0 heterocycles. The van der Waals surface area contributed by atoms with Crippen LogP contribution in [0.2, 0.25) is 0 Å². The zero-order valence-electron chi connectivity index (χ0n) is 10.5. The number of rotatable bonds is 3. The minimum atomic E-state index is -0.114. The molecule has 2 rings (SSSR count). The quantitative estimate of drug-likeness (QED) is 0.826. The minimum absolute atomic E-state index is 0.114. The fourth-order valence-electron chi connectivity index (χ4n) is 2.14. The molecule has 0 radical (unpaired) electrons. The molecule has 0 bridgehead atoms. The molecule has 0 aromatic heterocycles. The number of fused-ring (bicyclic) bond motifs is 1. The lowest BCUT2D eigenvalue weighted by Gasteiger charge is -2.13. The number of carbonyl (C=O) groups excluding carboxylic acids is 1. The van der Waals surface area contributed by atoms with E-state index in [1.807, 2.05) is 13.0 Å². The molecule has 0 spiro atoms. The monoisotopic (exact) mass is 232 g/mol. The molecule has 0 fully saturated rings. The maximum absolute atomic E-state index is 11.7. The Morgan fingerprint density at radius 1 is 1.35 bits per heavy atom. The van der Waals surface area contributed by atoms with Crippen LogP contribution in [0, 0.1) is 0 Å². The number of hydrogen-bond donors (Lipinski definition) is 2. The summed E-state index contributed by atoms with van der Waals surface area (Å²) in [4.78, 5) is 11.7. The Labute approximate surface area is 103 Å². The molecule has 2 N–H and O–H groups in total. The van der Waals surface area contributed by atoms with E-state index in [0.29, 0.717) is 0 Å². The van der Waals surface area contributed by atoms with Crippen molar-refractivity contribution in [2.75, 3.05) is 5.32 Å². The van der Waals surface area contributed by atoms with Crippen LogP contribution >= 0.6 is 0 Å². The molecule has 1 unspecified atom stereocenters. The van der Waals surface area contributed by atoms with Crippen LogP contribution in [0.25, 0.3) is 0 Å². The molecule has 0 saturated carbocycles. The maximum atomic E-state index is 11.7. The van der Waals surface area contributed by atoms with Gasteiger partial charge < -0.3 is 10.6 Å². The van der Waals surface area contributed by atoms with Crippen LogP contribution in [0.4, 0.5) is 10.5 Å². The van der Waals surface area contributed by atoms with Gasteiger partial charge >= 0.3 is 6.03 Å². The first-order chi connectivity index (χ1) is 8.19. The number of urea groups is 1. The second-order valence-corrected chi connectivity index (χ2v) is 4.74. The van der Waals surface area contributed by atoms with Crippen molar-refractivity contribution in [3.8, 4) is 0 Å². The highest BCUT2D eigenvalue weighted by atomic mass is 16.2. The summed E-state index contributed by atoms with van der Waals surface area (Å²) in [6, 6.07) is 6.31. The van der Waals surface area contributed by atoms with Crippen molar-refractivity contribution in [2.24, 2.45) is 0 Å². The summed E-state index contributed by atoms with van der Waals surface area (Å²) in [5, 5.41) is 5.78. The van der Waals surface area contributed by atoms with Crippen LogP contribution in [0.3, 0.4) is 0 Å². The zero-order chi connectivity index (χ0) is 12.3. The molecule has 92 valence electrons. The number of anilines is 1. The van der Waals surface area contributed by atoms with Gasteiger partial charge in [-0.05, 0) is 55.9 Å². The van der Waals surface area contributed by atoms with Crippen LogP contribution in [-0.2, 0) is 12.8 Å². The van der Waals surface area contributed by atoms with Gasteiger partial charge in [-0.25, -0.2) is 4.79 Å². The molecule has 1 aromatic carbocycles. The average Bonchev–Trinajstić information content (AvgIpc) is 2.75. The first kappa shape index (κ1) is 12.0. The normalized spacial score (nSPS) is 15.2. The summed E-state index contributed by atoms with van der Waals surface area (Å²) in [6.45, 7) is 4.06. The van der Waals surface area contributed by atoms with E-state index in [-0.39, 0.29) is 12.1 Å². The van der Waals surface area contributed by atoms with Gasteiger partial charge in [-0.2, -0.15) is 0 Å². The second-order valence-electron chi connectivity index (χ2n) is 4.74. The van der Waals surface area contributed by atoms with Crippen molar-refractivity contribution >= 4 is 11.7 Å². The van der Waals surface area contributed by atoms with E-state index in [2.05, 4.69) is 29.7 Å². The predicted molar refractivity (Wildman–Crippen MR) is 70.4 cm³/mol. The lowest BCUT2D eigenvalue weighted by molar-refractivity contribution is 0.249. The summed E-state index contributed by atoms with van der Waals surface area (Å²) in [6.07, 6.45) is 4.49. The predicted octanol–water partition coefficient (Wildman–Crippen LogP) is 3.10. The van der Waals surface area contributed by atoms with Gasteiger partial charge in [0.05, 0.1) is 0 Å². The molecular formula is C14H20N2O.